The molecule has 0 aliphatic heterocycles. The molecule has 2 aromatic rings. The number of rotatable bonds is 5. The first kappa shape index (κ1) is 14.0. The van der Waals surface area contributed by atoms with Gasteiger partial charge in [-0.2, -0.15) is 0 Å². The van der Waals surface area contributed by atoms with Gasteiger partial charge in [0.25, 0.3) is 11.6 Å². The van der Waals surface area contributed by atoms with Gasteiger partial charge in [0, 0.05) is 37.0 Å². The van der Waals surface area contributed by atoms with Gasteiger partial charge < -0.3 is 10.3 Å². The van der Waals surface area contributed by atoms with Crippen molar-refractivity contribution in [3.05, 3.63) is 57.1 Å². The Morgan fingerprint density at radius 2 is 2.30 bits per heavy atom. The summed E-state index contributed by atoms with van der Waals surface area (Å²) in [4.78, 5) is 28.9. The number of H-pyrrole nitrogens is 1. The Morgan fingerprint density at radius 3 is 2.95 bits per heavy atom. The summed E-state index contributed by atoms with van der Waals surface area (Å²) in [5, 5.41) is 13.4. The number of amides is 1. The molecule has 1 aromatic carbocycles. The molecule has 0 saturated carbocycles. The zero-order valence-corrected chi connectivity index (χ0v) is 11.1. The lowest BCUT2D eigenvalue weighted by molar-refractivity contribution is -0.384. The fourth-order valence-electron chi connectivity index (χ4n) is 1.63. The van der Waals surface area contributed by atoms with Gasteiger partial charge in [0.05, 0.1) is 4.92 Å². The maximum atomic E-state index is 11.9. The third-order valence-corrected chi connectivity index (χ3v) is 2.93. The van der Waals surface area contributed by atoms with Crippen LogP contribution >= 0.6 is 11.6 Å². The van der Waals surface area contributed by atoms with Crippen LogP contribution in [0.25, 0.3) is 0 Å². The van der Waals surface area contributed by atoms with Crippen LogP contribution in [0.4, 0.5) is 5.69 Å². The molecule has 104 valence electrons. The summed E-state index contributed by atoms with van der Waals surface area (Å²) in [6.45, 7) is 0.378. The quantitative estimate of drug-likeness (QED) is 0.650. The average molecular weight is 295 g/mol. The molecule has 20 heavy (non-hydrogen) atoms. The Bertz CT molecular complexity index is 628. The van der Waals surface area contributed by atoms with E-state index in [1.807, 2.05) is 0 Å². The standard InChI is InChI=1S/C12H11ClN4O3/c13-9-2-1-8(7-10(9)17(19)20)12(18)16-4-3-11-14-5-6-15-11/h1-2,5-7H,3-4H2,(H,14,15)(H,16,18). The van der Waals surface area contributed by atoms with E-state index in [9.17, 15) is 14.9 Å². The van der Waals surface area contributed by atoms with Gasteiger partial charge >= 0.3 is 0 Å². The fraction of sp³-hybridized carbons (Fsp3) is 0.167. The van der Waals surface area contributed by atoms with Crippen molar-refractivity contribution in [3.63, 3.8) is 0 Å². The number of aromatic amines is 1. The normalized spacial score (nSPS) is 10.2. The van der Waals surface area contributed by atoms with Crippen LogP contribution in [-0.4, -0.2) is 27.3 Å². The van der Waals surface area contributed by atoms with Crippen molar-refractivity contribution in [2.75, 3.05) is 6.54 Å². The summed E-state index contributed by atoms with van der Waals surface area (Å²) in [7, 11) is 0. The molecule has 0 saturated heterocycles. The lowest BCUT2D eigenvalue weighted by atomic mass is 10.2. The molecule has 0 radical (unpaired) electrons. The van der Waals surface area contributed by atoms with Gasteiger partial charge in [-0.1, -0.05) is 11.6 Å². The van der Waals surface area contributed by atoms with E-state index < -0.39 is 10.8 Å². The van der Waals surface area contributed by atoms with Crippen molar-refractivity contribution in [1.29, 1.82) is 0 Å². The fourth-order valence-corrected chi connectivity index (χ4v) is 1.81. The second-order valence-corrected chi connectivity index (χ2v) is 4.37. The summed E-state index contributed by atoms with van der Waals surface area (Å²) in [6.07, 6.45) is 3.87. The van der Waals surface area contributed by atoms with Crippen molar-refractivity contribution < 1.29 is 9.72 Å². The van der Waals surface area contributed by atoms with Crippen molar-refractivity contribution in [2.45, 2.75) is 6.42 Å². The molecular formula is C12H11ClN4O3. The Kier molecular flexibility index (Phi) is 4.31. The van der Waals surface area contributed by atoms with E-state index in [1.54, 1.807) is 12.4 Å². The molecule has 0 fully saturated rings. The van der Waals surface area contributed by atoms with Gasteiger partial charge in [0.15, 0.2) is 0 Å². The number of nitrogens with zero attached hydrogens (tertiary/aromatic N) is 2. The highest BCUT2D eigenvalue weighted by Gasteiger charge is 2.15. The van der Waals surface area contributed by atoms with Gasteiger partial charge in [-0.3, -0.25) is 14.9 Å². The maximum Gasteiger partial charge on any atom is 0.288 e. The zero-order valence-electron chi connectivity index (χ0n) is 10.3. The molecule has 2 N–H and O–H groups in total. The molecule has 0 unspecified atom stereocenters. The first-order chi connectivity index (χ1) is 9.58. The molecule has 0 atom stereocenters. The largest absolute Gasteiger partial charge is 0.352 e. The van der Waals surface area contributed by atoms with Crippen LogP contribution < -0.4 is 5.32 Å². The highest BCUT2D eigenvalue weighted by molar-refractivity contribution is 6.32. The summed E-state index contributed by atoms with van der Waals surface area (Å²) in [5.74, 6) is 0.365. The molecule has 7 nitrogen and oxygen atoms in total. The molecule has 0 bridgehead atoms. The molecule has 1 amide bonds. The van der Waals surface area contributed by atoms with Crippen LogP contribution in [-0.2, 0) is 6.42 Å². The van der Waals surface area contributed by atoms with Crippen LogP contribution in [0.2, 0.25) is 5.02 Å². The number of nitrogens with one attached hydrogen (secondary N) is 2. The maximum absolute atomic E-state index is 11.9. The van der Waals surface area contributed by atoms with Gasteiger partial charge in [0.2, 0.25) is 0 Å². The summed E-state index contributed by atoms with van der Waals surface area (Å²) < 4.78 is 0. The highest BCUT2D eigenvalue weighted by Crippen LogP contribution is 2.24. The second-order valence-electron chi connectivity index (χ2n) is 3.97. The van der Waals surface area contributed by atoms with E-state index in [4.69, 9.17) is 11.6 Å². The number of hydrogen-bond acceptors (Lipinski definition) is 4. The molecule has 2 rings (SSSR count). The van der Waals surface area contributed by atoms with Crippen molar-refractivity contribution in [2.24, 2.45) is 0 Å². The van der Waals surface area contributed by atoms with Crippen molar-refractivity contribution in [1.82, 2.24) is 15.3 Å². The lowest BCUT2D eigenvalue weighted by Crippen LogP contribution is -2.26. The molecule has 0 aliphatic carbocycles. The van der Waals surface area contributed by atoms with Gasteiger partial charge in [0.1, 0.15) is 10.8 Å². The molecule has 0 spiro atoms. The number of nitro benzene ring substituents is 1. The number of nitro groups is 1. The van der Waals surface area contributed by atoms with E-state index in [2.05, 4.69) is 15.3 Å². The first-order valence-corrected chi connectivity index (χ1v) is 6.16. The van der Waals surface area contributed by atoms with Gasteiger partial charge in [-0.25, -0.2) is 4.98 Å². The number of imidazole rings is 1. The lowest BCUT2D eigenvalue weighted by Gasteiger charge is -2.04. The van der Waals surface area contributed by atoms with Crippen LogP contribution in [0.3, 0.4) is 0 Å². The third kappa shape index (κ3) is 3.33. The van der Waals surface area contributed by atoms with Crippen molar-refractivity contribution in [3.8, 4) is 0 Å². The van der Waals surface area contributed by atoms with E-state index in [0.29, 0.717) is 13.0 Å². The molecule has 1 aromatic heterocycles. The van der Waals surface area contributed by atoms with Crippen LogP contribution in [0.15, 0.2) is 30.6 Å². The third-order valence-electron chi connectivity index (χ3n) is 2.61. The monoisotopic (exact) mass is 294 g/mol. The number of benzene rings is 1. The Balaban J connectivity index is 1.98. The van der Waals surface area contributed by atoms with E-state index in [1.165, 1.54) is 12.1 Å². The number of hydrogen-bond donors (Lipinski definition) is 2. The zero-order chi connectivity index (χ0) is 14.5. The summed E-state index contributed by atoms with van der Waals surface area (Å²) in [6, 6.07) is 3.93. The number of aromatic nitrogens is 2. The molecule has 1 heterocycles. The molecule has 0 aliphatic rings. The molecular weight excluding hydrogens is 284 g/mol. The smallest absolute Gasteiger partial charge is 0.288 e. The minimum Gasteiger partial charge on any atom is -0.352 e. The number of carbonyl (C=O) groups excluding carboxylic acids is 1. The van der Waals surface area contributed by atoms with Crippen LogP contribution in [0, 0.1) is 10.1 Å². The minimum absolute atomic E-state index is 0.00198. The Morgan fingerprint density at radius 1 is 1.50 bits per heavy atom. The first-order valence-electron chi connectivity index (χ1n) is 5.78. The molecule has 8 heteroatoms. The van der Waals surface area contributed by atoms with Crippen LogP contribution in [0.5, 0.6) is 0 Å². The average Bonchev–Trinajstić information content (AvgIpc) is 2.92. The predicted octanol–water partition coefficient (Wildman–Crippen LogP) is 1.94. The topological polar surface area (TPSA) is 101 Å². The Hall–Kier alpha value is -2.41. The predicted molar refractivity (Wildman–Crippen MR) is 72.7 cm³/mol. The second kappa shape index (κ2) is 6.16. The van der Waals surface area contributed by atoms with E-state index in [-0.39, 0.29) is 16.3 Å². The number of carbonyl (C=O) groups is 1. The minimum atomic E-state index is -0.623. The Labute approximate surface area is 119 Å². The van der Waals surface area contributed by atoms with E-state index >= 15 is 0 Å². The van der Waals surface area contributed by atoms with Gasteiger partial charge in [-0.15, -0.1) is 0 Å². The summed E-state index contributed by atoms with van der Waals surface area (Å²) >= 11 is 5.68. The van der Waals surface area contributed by atoms with E-state index in [0.717, 1.165) is 11.9 Å². The van der Waals surface area contributed by atoms with Crippen LogP contribution in [0.1, 0.15) is 16.2 Å². The SMILES string of the molecule is O=C(NCCc1ncc[nH]1)c1ccc(Cl)c([N+](=O)[O-])c1. The number of halogens is 1. The van der Waals surface area contributed by atoms with Crippen molar-refractivity contribution >= 4 is 23.2 Å². The highest BCUT2D eigenvalue weighted by atomic mass is 35.5. The summed E-state index contributed by atoms with van der Waals surface area (Å²) in [5.41, 5.74) is -0.0918. The van der Waals surface area contributed by atoms with Gasteiger partial charge in [-0.05, 0) is 12.1 Å².